The molecule has 54 valence electrons. The Balaban J connectivity index is 2.18. The first-order valence-corrected chi connectivity index (χ1v) is 4.30. The van der Waals surface area contributed by atoms with Crippen LogP contribution in [0, 0.1) is 5.92 Å². The summed E-state index contributed by atoms with van der Waals surface area (Å²) in [5.41, 5.74) is 0. The second-order valence-electron chi connectivity index (χ2n) is 2.97. The van der Waals surface area contributed by atoms with Crippen LogP contribution in [0.2, 0.25) is 0 Å². The Hall–Kier alpha value is 0.310. The number of nitrogens with one attached hydrogen (secondary N) is 1. The second kappa shape index (κ2) is 3.47. The molecule has 0 aliphatic carbocycles. The molecule has 1 nitrogen and oxygen atoms in total. The van der Waals surface area contributed by atoms with E-state index in [2.05, 4.69) is 24.9 Å². The third-order valence-electron chi connectivity index (χ3n) is 1.98. The van der Waals surface area contributed by atoms with Crippen molar-refractivity contribution in [1.82, 2.24) is 5.32 Å². The smallest absolute Gasteiger partial charge is 0.0155 e. The molecule has 1 aliphatic rings. The molecule has 0 unspecified atom stereocenters. The second-order valence-corrected chi connectivity index (χ2v) is 3.34. The summed E-state index contributed by atoms with van der Waals surface area (Å²) in [6.45, 7) is 3.48. The molecule has 1 saturated heterocycles. The molecule has 2 atom stereocenters. The van der Waals surface area contributed by atoms with E-state index >= 15 is 0 Å². The molecule has 1 fully saturated rings. The first kappa shape index (κ1) is 7.42. The number of hydrogen-bond donors (Lipinski definition) is 2. The van der Waals surface area contributed by atoms with Crippen LogP contribution >= 0.6 is 12.6 Å². The molecule has 9 heavy (non-hydrogen) atoms. The van der Waals surface area contributed by atoms with Crippen molar-refractivity contribution in [3.63, 3.8) is 0 Å². The van der Waals surface area contributed by atoms with E-state index < -0.39 is 0 Å². The highest BCUT2D eigenvalue weighted by molar-refractivity contribution is 7.80. The Morgan fingerprint density at radius 2 is 2.33 bits per heavy atom. The van der Waals surface area contributed by atoms with E-state index in [0.717, 1.165) is 11.7 Å². The Morgan fingerprint density at radius 1 is 1.56 bits per heavy atom. The van der Waals surface area contributed by atoms with Gasteiger partial charge >= 0.3 is 0 Å². The fourth-order valence-corrected chi connectivity index (χ4v) is 1.53. The molecule has 0 aromatic heterocycles. The predicted octanol–water partition coefficient (Wildman–Crippen LogP) is 1.30. The van der Waals surface area contributed by atoms with Crippen LogP contribution in [-0.2, 0) is 0 Å². The quantitative estimate of drug-likeness (QED) is 0.530. The molecule has 1 heterocycles. The van der Waals surface area contributed by atoms with E-state index in [9.17, 15) is 0 Å². The lowest BCUT2D eigenvalue weighted by molar-refractivity contribution is 0.346. The van der Waals surface area contributed by atoms with Gasteiger partial charge in [-0.3, -0.25) is 0 Å². The Kier molecular flexibility index (Phi) is 2.86. The normalized spacial score (nSPS) is 36.7. The molecule has 0 saturated carbocycles. The Labute approximate surface area is 62.6 Å². The average molecular weight is 145 g/mol. The van der Waals surface area contributed by atoms with Gasteiger partial charge in [-0.25, -0.2) is 0 Å². The van der Waals surface area contributed by atoms with Crippen LogP contribution in [0.1, 0.15) is 19.8 Å². The van der Waals surface area contributed by atoms with Gasteiger partial charge in [0.1, 0.15) is 0 Å². The molecule has 0 aromatic carbocycles. The first-order chi connectivity index (χ1) is 4.33. The van der Waals surface area contributed by atoms with Crippen LogP contribution in [0.4, 0.5) is 0 Å². The highest BCUT2D eigenvalue weighted by atomic mass is 32.1. The standard InChI is InChI=1S/C7H15NS/c1-6-2-3-7(5-9)8-4-6/h6-9H,2-5H2,1H3/t6-,7+/m0/s1. The maximum Gasteiger partial charge on any atom is 0.0155 e. The lowest BCUT2D eigenvalue weighted by atomic mass is 9.97. The Morgan fingerprint density at radius 3 is 2.78 bits per heavy atom. The molecular formula is C7H15NS. The summed E-state index contributed by atoms with van der Waals surface area (Å²) < 4.78 is 0. The highest BCUT2D eigenvalue weighted by Crippen LogP contribution is 2.13. The number of piperidine rings is 1. The fraction of sp³-hybridized carbons (Fsp3) is 1.00. The van der Waals surface area contributed by atoms with Crippen molar-refractivity contribution in [1.29, 1.82) is 0 Å². The molecule has 2 heteroatoms. The molecule has 1 rings (SSSR count). The third-order valence-corrected chi connectivity index (χ3v) is 2.42. The molecule has 1 N–H and O–H groups in total. The van der Waals surface area contributed by atoms with E-state index in [1.165, 1.54) is 19.4 Å². The molecule has 0 bridgehead atoms. The minimum absolute atomic E-state index is 0.685. The summed E-state index contributed by atoms with van der Waals surface area (Å²) >= 11 is 4.23. The van der Waals surface area contributed by atoms with Gasteiger partial charge in [0.05, 0.1) is 0 Å². The summed E-state index contributed by atoms with van der Waals surface area (Å²) in [6, 6.07) is 0.685. The van der Waals surface area contributed by atoms with Crippen LogP contribution in [0.25, 0.3) is 0 Å². The first-order valence-electron chi connectivity index (χ1n) is 3.67. The van der Waals surface area contributed by atoms with Gasteiger partial charge in [-0.2, -0.15) is 12.6 Å². The number of thiol groups is 1. The van der Waals surface area contributed by atoms with Crippen molar-refractivity contribution in [2.45, 2.75) is 25.8 Å². The van der Waals surface area contributed by atoms with Crippen molar-refractivity contribution in [3.8, 4) is 0 Å². The summed E-state index contributed by atoms with van der Waals surface area (Å²) in [5, 5.41) is 3.44. The van der Waals surface area contributed by atoms with Crippen molar-refractivity contribution in [3.05, 3.63) is 0 Å². The lowest BCUT2D eigenvalue weighted by Crippen LogP contribution is -2.39. The van der Waals surface area contributed by atoms with Crippen molar-refractivity contribution >= 4 is 12.6 Å². The number of rotatable bonds is 1. The summed E-state index contributed by atoms with van der Waals surface area (Å²) in [6.07, 6.45) is 2.68. The van der Waals surface area contributed by atoms with E-state index in [4.69, 9.17) is 0 Å². The monoisotopic (exact) mass is 145 g/mol. The summed E-state index contributed by atoms with van der Waals surface area (Å²) in [4.78, 5) is 0. The minimum Gasteiger partial charge on any atom is -0.313 e. The molecular weight excluding hydrogens is 130 g/mol. The van der Waals surface area contributed by atoms with E-state index in [-0.39, 0.29) is 0 Å². The maximum absolute atomic E-state index is 4.23. The largest absolute Gasteiger partial charge is 0.313 e. The summed E-state index contributed by atoms with van der Waals surface area (Å²) in [7, 11) is 0. The van der Waals surface area contributed by atoms with E-state index in [1.54, 1.807) is 0 Å². The van der Waals surface area contributed by atoms with Gasteiger partial charge in [0, 0.05) is 11.8 Å². The zero-order valence-electron chi connectivity index (χ0n) is 5.93. The minimum atomic E-state index is 0.685. The van der Waals surface area contributed by atoms with E-state index in [1.807, 2.05) is 0 Å². The van der Waals surface area contributed by atoms with E-state index in [0.29, 0.717) is 6.04 Å². The van der Waals surface area contributed by atoms with Gasteiger partial charge < -0.3 is 5.32 Å². The van der Waals surface area contributed by atoms with Gasteiger partial charge in [-0.1, -0.05) is 6.92 Å². The van der Waals surface area contributed by atoms with Crippen LogP contribution < -0.4 is 5.32 Å². The van der Waals surface area contributed by atoms with Crippen LogP contribution in [0.5, 0.6) is 0 Å². The predicted molar refractivity (Wildman–Crippen MR) is 44.0 cm³/mol. The van der Waals surface area contributed by atoms with Crippen LogP contribution in [-0.4, -0.2) is 18.3 Å². The average Bonchev–Trinajstić information content (AvgIpc) is 1.90. The van der Waals surface area contributed by atoms with Crippen LogP contribution in [0.3, 0.4) is 0 Å². The molecule has 1 aliphatic heterocycles. The third kappa shape index (κ3) is 2.18. The molecule has 0 radical (unpaired) electrons. The molecule has 0 aromatic rings. The highest BCUT2D eigenvalue weighted by Gasteiger charge is 2.14. The van der Waals surface area contributed by atoms with Crippen LogP contribution in [0.15, 0.2) is 0 Å². The number of hydrogen-bond acceptors (Lipinski definition) is 2. The van der Waals surface area contributed by atoms with Gasteiger partial charge in [0.2, 0.25) is 0 Å². The van der Waals surface area contributed by atoms with Gasteiger partial charge in [-0.05, 0) is 25.3 Å². The van der Waals surface area contributed by atoms with Crippen molar-refractivity contribution in [2.24, 2.45) is 5.92 Å². The molecule has 0 amide bonds. The Bertz CT molecular complexity index is 77.0. The lowest BCUT2D eigenvalue weighted by Gasteiger charge is -2.26. The zero-order valence-corrected chi connectivity index (χ0v) is 6.82. The summed E-state index contributed by atoms with van der Waals surface area (Å²) in [5.74, 6) is 1.87. The zero-order chi connectivity index (χ0) is 6.69. The maximum atomic E-state index is 4.23. The van der Waals surface area contributed by atoms with Crippen molar-refractivity contribution < 1.29 is 0 Å². The molecule has 0 spiro atoms. The topological polar surface area (TPSA) is 12.0 Å². The van der Waals surface area contributed by atoms with Crippen molar-refractivity contribution in [2.75, 3.05) is 12.3 Å². The fourth-order valence-electron chi connectivity index (χ4n) is 1.21. The SMILES string of the molecule is C[C@H]1CC[C@H](CS)NC1. The van der Waals surface area contributed by atoms with Gasteiger partial charge in [0.25, 0.3) is 0 Å². The van der Waals surface area contributed by atoms with Gasteiger partial charge in [-0.15, -0.1) is 0 Å². The van der Waals surface area contributed by atoms with Gasteiger partial charge in [0.15, 0.2) is 0 Å².